The first-order chi connectivity index (χ1) is 18.0. The summed E-state index contributed by atoms with van der Waals surface area (Å²) in [5.74, 6) is 0.521. The highest BCUT2D eigenvalue weighted by Crippen LogP contribution is 2.33. The zero-order valence-electron chi connectivity index (χ0n) is 22.2. The van der Waals surface area contributed by atoms with E-state index in [1.54, 1.807) is 17.4 Å². The lowest BCUT2D eigenvalue weighted by molar-refractivity contribution is -0.683. The first-order valence-electron chi connectivity index (χ1n) is 13.6. The lowest BCUT2D eigenvalue weighted by atomic mass is 10.1. The topological polar surface area (TPSA) is 54.2 Å². The van der Waals surface area contributed by atoms with E-state index in [1.165, 1.54) is 56.2 Å². The highest BCUT2D eigenvalue weighted by atomic mass is 35.5. The molecule has 0 aliphatic rings. The number of hydrogen-bond donors (Lipinski definition) is 2. The number of para-hydroxylation sites is 1. The highest BCUT2D eigenvalue weighted by molar-refractivity contribution is 7.09. The number of hydrogen-bond acceptors (Lipinski definition) is 3. The second kappa shape index (κ2) is 16.3. The predicted octanol–water partition coefficient (Wildman–Crippen LogP) is 8.99. The molecule has 0 aliphatic heterocycles. The number of benzene rings is 2. The molecule has 0 bridgehead atoms. The van der Waals surface area contributed by atoms with Gasteiger partial charge in [-0.15, -0.1) is 0 Å². The van der Waals surface area contributed by atoms with Crippen molar-refractivity contribution in [2.24, 2.45) is 0 Å². The van der Waals surface area contributed by atoms with Gasteiger partial charge in [0, 0.05) is 11.3 Å². The Bertz CT molecular complexity index is 1100. The number of carbonyl (C=O) groups excluding carboxylic acids is 1. The first kappa shape index (κ1) is 29.0. The quantitative estimate of drug-likeness (QED) is 0.140. The minimum absolute atomic E-state index is 0.331. The zero-order chi connectivity index (χ0) is 26.3. The minimum Gasteiger partial charge on any atom is -0.490 e. The zero-order valence-corrected chi connectivity index (χ0v) is 23.8. The molecule has 0 aliphatic carbocycles. The van der Waals surface area contributed by atoms with Crippen LogP contribution in [0.4, 0.5) is 16.2 Å². The van der Waals surface area contributed by atoms with E-state index >= 15 is 0 Å². The average Bonchev–Trinajstić information content (AvgIpc) is 3.28. The van der Waals surface area contributed by atoms with E-state index in [-0.39, 0.29) is 6.03 Å². The molecular formula is C30H41ClN3O2S+. The molecule has 37 heavy (non-hydrogen) atoms. The number of nitrogens with zero attached hydrogens (tertiary/aromatic N) is 1. The molecule has 2 N–H and O–H groups in total. The van der Waals surface area contributed by atoms with Gasteiger partial charge >= 0.3 is 6.03 Å². The maximum Gasteiger partial charge on any atom is 0.323 e. The Hall–Kier alpha value is -2.57. The molecular weight excluding hydrogens is 502 g/mol. The van der Waals surface area contributed by atoms with Crippen LogP contribution in [0.15, 0.2) is 54.2 Å². The van der Waals surface area contributed by atoms with Gasteiger partial charge in [-0.1, -0.05) is 106 Å². The highest BCUT2D eigenvalue weighted by Gasteiger charge is 2.13. The Morgan fingerprint density at radius 2 is 1.65 bits per heavy atom. The molecule has 2 aromatic carbocycles. The van der Waals surface area contributed by atoms with Gasteiger partial charge in [0.25, 0.3) is 0 Å². The Labute approximate surface area is 231 Å². The van der Waals surface area contributed by atoms with Crippen molar-refractivity contribution in [1.82, 2.24) is 0 Å². The van der Waals surface area contributed by atoms with Crippen LogP contribution >= 0.6 is 22.9 Å². The van der Waals surface area contributed by atoms with Crippen molar-refractivity contribution in [3.05, 3.63) is 69.6 Å². The number of aryl methyl sites for hydroxylation is 1. The fourth-order valence-electron chi connectivity index (χ4n) is 4.29. The van der Waals surface area contributed by atoms with Crippen LogP contribution in [-0.4, -0.2) is 12.6 Å². The summed E-state index contributed by atoms with van der Waals surface area (Å²) in [6.07, 6.45) is 14.8. The van der Waals surface area contributed by atoms with Gasteiger partial charge in [0.15, 0.2) is 18.5 Å². The molecule has 1 aromatic heterocycles. The van der Waals surface area contributed by atoms with E-state index < -0.39 is 0 Å². The van der Waals surface area contributed by atoms with Crippen molar-refractivity contribution < 1.29 is 14.1 Å². The number of anilines is 2. The molecule has 1 heterocycles. The van der Waals surface area contributed by atoms with Crippen LogP contribution in [0.5, 0.6) is 5.75 Å². The van der Waals surface area contributed by atoms with Crippen LogP contribution in [-0.2, 0) is 6.54 Å². The molecule has 0 radical (unpaired) electrons. The van der Waals surface area contributed by atoms with Gasteiger partial charge < -0.3 is 15.4 Å². The molecule has 3 aromatic rings. The number of thiazole rings is 1. The largest absolute Gasteiger partial charge is 0.490 e. The summed E-state index contributed by atoms with van der Waals surface area (Å²) in [4.78, 5) is 14.0. The second-order valence-electron chi connectivity index (χ2n) is 9.56. The molecule has 2 amide bonds. The van der Waals surface area contributed by atoms with Crippen LogP contribution in [0.1, 0.15) is 81.6 Å². The Balaban J connectivity index is 1.43. The number of rotatable bonds is 16. The monoisotopic (exact) mass is 542 g/mol. The molecule has 3 rings (SSSR count). The van der Waals surface area contributed by atoms with Crippen LogP contribution in [0.25, 0.3) is 0 Å². The first-order valence-corrected chi connectivity index (χ1v) is 14.8. The lowest BCUT2D eigenvalue weighted by Crippen LogP contribution is -2.30. The van der Waals surface area contributed by atoms with Crippen LogP contribution in [0, 0.1) is 6.92 Å². The fourth-order valence-corrected chi connectivity index (χ4v) is 5.15. The molecule has 0 fully saturated rings. The van der Waals surface area contributed by atoms with Crippen LogP contribution in [0.2, 0.25) is 5.02 Å². The molecule has 0 unspecified atom stereocenters. The van der Waals surface area contributed by atoms with E-state index in [0.29, 0.717) is 23.1 Å². The average molecular weight is 543 g/mol. The van der Waals surface area contributed by atoms with E-state index in [9.17, 15) is 4.79 Å². The lowest BCUT2D eigenvalue weighted by Gasteiger charge is -2.15. The summed E-state index contributed by atoms with van der Waals surface area (Å²) in [5, 5.41) is 6.32. The van der Waals surface area contributed by atoms with Crippen LogP contribution in [0.3, 0.4) is 0 Å². The standard InChI is InChI=1S/C30H40ClN3O2S/c1-3-4-5-6-7-8-9-10-11-12-19-36-29-27(31)17-14-18-28(29)33-30(35)32-26-16-13-15-25(20-26)22-34-21-24(2)37-23-34/h13-18,20-21,23H,3-12,19,22H2,1-2H3,(H-,32,33,35)/p+1. The molecule has 200 valence electrons. The van der Waals surface area contributed by atoms with Gasteiger partial charge in [-0.3, -0.25) is 0 Å². The smallest absolute Gasteiger partial charge is 0.323 e. The number of ether oxygens (including phenoxy) is 1. The van der Waals surface area contributed by atoms with Crippen molar-refractivity contribution in [3.63, 3.8) is 0 Å². The van der Waals surface area contributed by atoms with Gasteiger partial charge in [0.05, 0.1) is 22.2 Å². The van der Waals surface area contributed by atoms with Gasteiger partial charge in [0.1, 0.15) is 0 Å². The van der Waals surface area contributed by atoms with Crippen molar-refractivity contribution in [2.45, 2.75) is 84.6 Å². The van der Waals surface area contributed by atoms with Gasteiger partial charge in [-0.25, -0.2) is 4.79 Å². The summed E-state index contributed by atoms with van der Waals surface area (Å²) in [7, 11) is 0. The van der Waals surface area contributed by atoms with Gasteiger partial charge in [0.2, 0.25) is 5.51 Å². The van der Waals surface area contributed by atoms with Gasteiger partial charge in [-0.05, 0) is 37.6 Å². The van der Waals surface area contributed by atoms with E-state index in [0.717, 1.165) is 30.6 Å². The number of aromatic nitrogens is 1. The number of urea groups is 1. The third-order valence-electron chi connectivity index (χ3n) is 6.23. The molecule has 0 saturated heterocycles. The second-order valence-corrected chi connectivity index (χ2v) is 11.1. The summed E-state index contributed by atoms with van der Waals surface area (Å²) in [5.41, 5.74) is 4.51. The molecule has 0 spiro atoms. The number of nitrogens with one attached hydrogen (secondary N) is 2. The van der Waals surface area contributed by atoms with Crippen molar-refractivity contribution in [3.8, 4) is 5.75 Å². The Kier molecular flexibility index (Phi) is 12.8. The normalized spacial score (nSPS) is 10.9. The number of amides is 2. The maximum atomic E-state index is 12.8. The minimum atomic E-state index is -0.331. The Morgan fingerprint density at radius 1 is 0.946 bits per heavy atom. The van der Waals surface area contributed by atoms with Crippen molar-refractivity contribution in [2.75, 3.05) is 17.2 Å². The number of carbonyl (C=O) groups is 1. The van der Waals surface area contributed by atoms with E-state index in [1.807, 2.05) is 30.3 Å². The number of unbranched alkanes of at least 4 members (excludes halogenated alkanes) is 9. The maximum absolute atomic E-state index is 12.8. The van der Waals surface area contributed by atoms with Gasteiger partial charge in [-0.2, -0.15) is 4.57 Å². The van der Waals surface area contributed by atoms with E-state index in [4.69, 9.17) is 16.3 Å². The SMILES string of the molecule is CCCCCCCCCCCCOc1c(Cl)cccc1NC(=O)Nc1cccc(C[n+]2csc(C)c2)c1. The number of halogens is 1. The van der Waals surface area contributed by atoms with E-state index in [2.05, 4.69) is 46.8 Å². The predicted molar refractivity (Wildman–Crippen MR) is 156 cm³/mol. The molecule has 0 atom stereocenters. The fraction of sp³-hybridized carbons (Fsp3) is 0.467. The summed E-state index contributed by atoms with van der Waals surface area (Å²) < 4.78 is 8.14. The van der Waals surface area contributed by atoms with Crippen molar-refractivity contribution >= 4 is 40.3 Å². The third-order valence-corrected chi connectivity index (χ3v) is 7.38. The van der Waals surface area contributed by atoms with Crippen LogP contribution < -0.4 is 19.9 Å². The molecule has 0 saturated carbocycles. The Morgan fingerprint density at radius 3 is 2.35 bits per heavy atom. The summed E-state index contributed by atoms with van der Waals surface area (Å²) in [6, 6.07) is 12.9. The third kappa shape index (κ3) is 10.7. The molecule has 5 nitrogen and oxygen atoms in total. The molecule has 7 heteroatoms. The van der Waals surface area contributed by atoms with Crippen molar-refractivity contribution in [1.29, 1.82) is 0 Å². The summed E-state index contributed by atoms with van der Waals surface area (Å²) >= 11 is 8.12. The summed E-state index contributed by atoms with van der Waals surface area (Å²) in [6.45, 7) is 5.69.